The van der Waals surface area contributed by atoms with E-state index in [2.05, 4.69) is 22.1 Å². The van der Waals surface area contributed by atoms with Gasteiger partial charge in [-0.3, -0.25) is 9.48 Å². The van der Waals surface area contributed by atoms with E-state index in [-0.39, 0.29) is 5.54 Å². The predicted octanol–water partition coefficient (Wildman–Crippen LogP) is 2.32. The lowest BCUT2D eigenvalue weighted by atomic mass is 9.69. The Hall–Kier alpha value is -1.39. The molecule has 3 rings (SSSR count). The molecule has 0 aromatic carbocycles. The van der Waals surface area contributed by atoms with E-state index >= 15 is 0 Å². The van der Waals surface area contributed by atoms with Gasteiger partial charge in [0.05, 0.1) is 5.69 Å². The molecule has 1 amide bonds. The lowest BCUT2D eigenvalue weighted by molar-refractivity contribution is -0.152. The lowest BCUT2D eigenvalue weighted by Gasteiger charge is -2.56. The van der Waals surface area contributed by atoms with E-state index in [1.54, 1.807) is 4.68 Å². The quantitative estimate of drug-likeness (QED) is 0.855. The lowest BCUT2D eigenvalue weighted by Crippen LogP contribution is -2.64. The molecule has 1 aromatic heterocycles. The Bertz CT molecular complexity index is 506. The van der Waals surface area contributed by atoms with E-state index in [0.717, 1.165) is 12.2 Å². The standard InChI is InChI=1S/C16H26N4O/c1-16(13-6-4-3-5-7-13)10-11-20(16)15(21)9-8-14-12-19(2)18-17-14/h12-13H,3-11H2,1-2H3. The van der Waals surface area contributed by atoms with Crippen molar-refractivity contribution in [3.05, 3.63) is 11.9 Å². The molecule has 1 aromatic rings. The number of rotatable bonds is 4. The van der Waals surface area contributed by atoms with Gasteiger partial charge in [-0.25, -0.2) is 0 Å². The molecule has 2 aliphatic rings. The van der Waals surface area contributed by atoms with Crippen LogP contribution in [0.3, 0.4) is 0 Å². The first kappa shape index (κ1) is 14.5. The molecule has 2 heterocycles. The summed E-state index contributed by atoms with van der Waals surface area (Å²) in [7, 11) is 1.86. The first-order chi connectivity index (χ1) is 10.1. The van der Waals surface area contributed by atoms with Gasteiger partial charge in [-0.2, -0.15) is 0 Å². The third-order valence-electron chi connectivity index (χ3n) is 5.49. The zero-order chi connectivity index (χ0) is 14.9. The molecular weight excluding hydrogens is 264 g/mol. The van der Waals surface area contributed by atoms with Crippen molar-refractivity contribution < 1.29 is 4.79 Å². The molecule has 2 fully saturated rings. The van der Waals surface area contributed by atoms with Crippen molar-refractivity contribution in [1.82, 2.24) is 19.9 Å². The van der Waals surface area contributed by atoms with Crippen molar-refractivity contribution in [2.24, 2.45) is 13.0 Å². The number of hydrogen-bond donors (Lipinski definition) is 0. The Morgan fingerprint density at radius 3 is 2.71 bits per heavy atom. The van der Waals surface area contributed by atoms with E-state index in [0.29, 0.717) is 24.7 Å². The molecule has 0 N–H and O–H groups in total. The first-order valence-corrected chi connectivity index (χ1v) is 8.25. The number of aryl methyl sites for hydroxylation is 2. The Labute approximate surface area is 126 Å². The SMILES string of the molecule is Cn1cc(CCC(=O)N2CCC2(C)C2CCCCC2)nn1. The van der Waals surface area contributed by atoms with E-state index in [1.807, 2.05) is 13.2 Å². The molecule has 0 spiro atoms. The van der Waals surface area contributed by atoms with E-state index in [9.17, 15) is 4.79 Å². The minimum absolute atomic E-state index is 0.125. The number of hydrogen-bond acceptors (Lipinski definition) is 3. The summed E-state index contributed by atoms with van der Waals surface area (Å²) in [6, 6.07) is 0. The number of amides is 1. The van der Waals surface area contributed by atoms with Crippen LogP contribution in [-0.2, 0) is 18.3 Å². The minimum atomic E-state index is 0.125. The van der Waals surface area contributed by atoms with Crippen LogP contribution in [0.1, 0.15) is 57.6 Å². The summed E-state index contributed by atoms with van der Waals surface area (Å²) in [5, 5.41) is 7.98. The van der Waals surface area contributed by atoms with Crippen molar-refractivity contribution in [3.8, 4) is 0 Å². The maximum atomic E-state index is 12.5. The van der Waals surface area contributed by atoms with Crippen LogP contribution >= 0.6 is 0 Å². The smallest absolute Gasteiger partial charge is 0.223 e. The fourth-order valence-electron chi connectivity index (χ4n) is 4.01. The molecule has 5 nitrogen and oxygen atoms in total. The molecule has 1 aliphatic heterocycles. The highest BCUT2D eigenvalue weighted by Gasteiger charge is 2.48. The third kappa shape index (κ3) is 2.83. The average Bonchev–Trinajstić information content (AvgIpc) is 2.90. The fraction of sp³-hybridized carbons (Fsp3) is 0.812. The van der Waals surface area contributed by atoms with Crippen molar-refractivity contribution in [2.45, 2.75) is 63.8 Å². The Morgan fingerprint density at radius 2 is 2.14 bits per heavy atom. The van der Waals surface area contributed by atoms with Crippen LogP contribution in [0.25, 0.3) is 0 Å². The fourth-order valence-corrected chi connectivity index (χ4v) is 4.01. The predicted molar refractivity (Wildman–Crippen MR) is 80.6 cm³/mol. The highest BCUT2D eigenvalue weighted by atomic mass is 16.2. The van der Waals surface area contributed by atoms with Gasteiger partial charge in [0, 0.05) is 38.2 Å². The monoisotopic (exact) mass is 290 g/mol. The van der Waals surface area contributed by atoms with Crippen LogP contribution in [0.2, 0.25) is 0 Å². The molecule has 1 atom stereocenters. The number of nitrogens with zero attached hydrogens (tertiary/aromatic N) is 4. The Morgan fingerprint density at radius 1 is 1.38 bits per heavy atom. The van der Waals surface area contributed by atoms with Crippen molar-refractivity contribution in [3.63, 3.8) is 0 Å². The topological polar surface area (TPSA) is 51.0 Å². The second-order valence-electron chi connectivity index (χ2n) is 6.87. The molecule has 21 heavy (non-hydrogen) atoms. The molecule has 1 saturated carbocycles. The first-order valence-electron chi connectivity index (χ1n) is 8.25. The molecule has 1 aliphatic carbocycles. The van der Waals surface area contributed by atoms with Gasteiger partial charge in [0.1, 0.15) is 0 Å². The van der Waals surface area contributed by atoms with Gasteiger partial charge in [-0.05, 0) is 32.1 Å². The summed E-state index contributed by atoms with van der Waals surface area (Å²) in [5.41, 5.74) is 1.03. The van der Waals surface area contributed by atoms with E-state index in [4.69, 9.17) is 0 Å². The summed E-state index contributed by atoms with van der Waals surface area (Å²) >= 11 is 0. The van der Waals surface area contributed by atoms with Crippen LogP contribution < -0.4 is 0 Å². The summed E-state index contributed by atoms with van der Waals surface area (Å²) in [6.45, 7) is 3.24. The second kappa shape index (κ2) is 5.78. The molecule has 1 saturated heterocycles. The number of aromatic nitrogens is 3. The zero-order valence-corrected chi connectivity index (χ0v) is 13.2. The number of carbonyl (C=O) groups is 1. The van der Waals surface area contributed by atoms with Gasteiger partial charge < -0.3 is 4.90 Å². The van der Waals surface area contributed by atoms with Gasteiger partial charge in [0.2, 0.25) is 5.91 Å². The highest BCUT2D eigenvalue weighted by molar-refractivity contribution is 5.78. The number of carbonyl (C=O) groups excluding carboxylic acids is 1. The zero-order valence-electron chi connectivity index (χ0n) is 13.2. The molecule has 116 valence electrons. The van der Waals surface area contributed by atoms with Crippen LogP contribution in [0.4, 0.5) is 0 Å². The van der Waals surface area contributed by atoms with Gasteiger partial charge in [0.15, 0.2) is 0 Å². The summed E-state index contributed by atoms with van der Waals surface area (Å²) in [6.07, 6.45) is 11.0. The van der Waals surface area contributed by atoms with Gasteiger partial charge >= 0.3 is 0 Å². The Kier molecular flexibility index (Phi) is 4.00. The van der Waals surface area contributed by atoms with Gasteiger partial charge in [0.25, 0.3) is 0 Å². The molecular formula is C16H26N4O. The molecule has 5 heteroatoms. The van der Waals surface area contributed by atoms with Crippen LogP contribution in [0, 0.1) is 5.92 Å². The summed E-state index contributed by atoms with van der Waals surface area (Å²) < 4.78 is 1.69. The van der Waals surface area contributed by atoms with Gasteiger partial charge in [-0.15, -0.1) is 5.10 Å². The van der Waals surface area contributed by atoms with Crippen LogP contribution in [0.5, 0.6) is 0 Å². The summed E-state index contributed by atoms with van der Waals surface area (Å²) in [4.78, 5) is 14.7. The van der Waals surface area contributed by atoms with E-state index < -0.39 is 0 Å². The van der Waals surface area contributed by atoms with Crippen molar-refractivity contribution in [1.29, 1.82) is 0 Å². The largest absolute Gasteiger partial charge is 0.337 e. The van der Waals surface area contributed by atoms with Crippen LogP contribution in [-0.4, -0.2) is 37.9 Å². The maximum Gasteiger partial charge on any atom is 0.223 e. The summed E-state index contributed by atoms with van der Waals surface area (Å²) in [5.74, 6) is 1.00. The highest BCUT2D eigenvalue weighted by Crippen LogP contribution is 2.44. The molecule has 1 unspecified atom stereocenters. The minimum Gasteiger partial charge on any atom is -0.337 e. The van der Waals surface area contributed by atoms with Crippen LogP contribution in [0.15, 0.2) is 6.20 Å². The van der Waals surface area contributed by atoms with Crippen molar-refractivity contribution in [2.75, 3.05) is 6.54 Å². The molecule has 0 bridgehead atoms. The second-order valence-corrected chi connectivity index (χ2v) is 6.87. The van der Waals surface area contributed by atoms with Gasteiger partial charge in [-0.1, -0.05) is 24.5 Å². The van der Waals surface area contributed by atoms with E-state index in [1.165, 1.54) is 38.5 Å². The number of likely N-dealkylation sites (tertiary alicyclic amines) is 1. The Balaban J connectivity index is 1.56. The van der Waals surface area contributed by atoms with Crippen molar-refractivity contribution >= 4 is 5.91 Å². The molecule has 0 radical (unpaired) electrons. The third-order valence-corrected chi connectivity index (χ3v) is 5.49. The average molecular weight is 290 g/mol. The maximum absolute atomic E-state index is 12.5. The normalized spacial score (nSPS) is 26.7.